The van der Waals surface area contributed by atoms with Gasteiger partial charge in [0.05, 0.1) is 17.2 Å². The van der Waals surface area contributed by atoms with Crippen LogP contribution in [0, 0.1) is 31.0 Å². The summed E-state index contributed by atoms with van der Waals surface area (Å²) in [4.78, 5) is 27.5. The Balaban J connectivity index is 2.17. The maximum Gasteiger partial charge on any atom is 0.326 e. The van der Waals surface area contributed by atoms with Gasteiger partial charge in [0.2, 0.25) is 0 Å². The highest BCUT2D eigenvalue weighted by atomic mass is 35.5. The second-order valence-electron chi connectivity index (χ2n) is 5.10. The first-order chi connectivity index (χ1) is 11.7. The van der Waals surface area contributed by atoms with E-state index < -0.39 is 22.9 Å². The van der Waals surface area contributed by atoms with Crippen molar-refractivity contribution in [2.24, 2.45) is 0 Å². The first kappa shape index (κ1) is 18.6. The number of aryl methyl sites for hydroxylation is 2. The summed E-state index contributed by atoms with van der Waals surface area (Å²) in [5, 5.41) is 12.7. The van der Waals surface area contributed by atoms with Gasteiger partial charge in [-0.1, -0.05) is 23.2 Å². The van der Waals surface area contributed by atoms with Gasteiger partial charge >= 0.3 is 6.03 Å². The third-order valence-corrected chi connectivity index (χ3v) is 3.81. The number of nitrogens with one attached hydrogen (secondary N) is 2. The molecule has 0 atom stereocenters. The molecular formula is C16H11Cl2FN4O2. The Morgan fingerprint density at radius 2 is 1.76 bits per heavy atom. The predicted molar refractivity (Wildman–Crippen MR) is 91.3 cm³/mol. The molecule has 9 heteroatoms. The van der Waals surface area contributed by atoms with Crippen LogP contribution < -0.4 is 10.6 Å². The summed E-state index contributed by atoms with van der Waals surface area (Å²) < 4.78 is 13.4. The van der Waals surface area contributed by atoms with Gasteiger partial charge in [0.15, 0.2) is 11.0 Å². The van der Waals surface area contributed by atoms with E-state index in [0.717, 1.165) is 6.07 Å². The van der Waals surface area contributed by atoms with Crippen LogP contribution in [0.5, 0.6) is 0 Å². The SMILES string of the molecule is Cc1cc(C#N)cc(C)c1NC(=O)NC(=O)c1cc(F)c(Cl)nc1Cl. The number of imide groups is 1. The van der Waals surface area contributed by atoms with E-state index in [0.29, 0.717) is 22.4 Å². The van der Waals surface area contributed by atoms with Crippen molar-refractivity contribution in [3.8, 4) is 6.07 Å². The molecule has 0 aliphatic heterocycles. The molecule has 6 nitrogen and oxygen atoms in total. The number of hydrogen-bond donors (Lipinski definition) is 2. The second-order valence-corrected chi connectivity index (χ2v) is 5.82. The van der Waals surface area contributed by atoms with Crippen LogP contribution in [0.15, 0.2) is 18.2 Å². The molecular weight excluding hydrogens is 370 g/mol. The Bertz CT molecular complexity index is 902. The summed E-state index contributed by atoms with van der Waals surface area (Å²) >= 11 is 11.2. The van der Waals surface area contributed by atoms with Crippen molar-refractivity contribution >= 4 is 40.8 Å². The summed E-state index contributed by atoms with van der Waals surface area (Å²) in [6, 6.07) is 5.15. The fourth-order valence-electron chi connectivity index (χ4n) is 2.15. The van der Waals surface area contributed by atoms with Crippen molar-refractivity contribution in [1.82, 2.24) is 10.3 Å². The topological polar surface area (TPSA) is 94.9 Å². The Hall–Kier alpha value is -2.69. The van der Waals surface area contributed by atoms with Crippen LogP contribution >= 0.6 is 23.2 Å². The number of urea groups is 1. The van der Waals surface area contributed by atoms with Crippen LogP contribution in [0.3, 0.4) is 0 Å². The van der Waals surface area contributed by atoms with Crippen LogP contribution in [0.1, 0.15) is 27.0 Å². The molecule has 0 radical (unpaired) electrons. The van der Waals surface area contributed by atoms with Crippen molar-refractivity contribution in [2.45, 2.75) is 13.8 Å². The maximum atomic E-state index is 13.4. The van der Waals surface area contributed by atoms with E-state index in [-0.39, 0.29) is 10.7 Å². The van der Waals surface area contributed by atoms with E-state index in [4.69, 9.17) is 28.5 Å². The van der Waals surface area contributed by atoms with Crippen molar-refractivity contribution < 1.29 is 14.0 Å². The third-order valence-electron chi connectivity index (χ3n) is 3.26. The molecule has 0 aliphatic carbocycles. The van der Waals surface area contributed by atoms with Gasteiger partial charge in [0, 0.05) is 5.69 Å². The zero-order chi connectivity index (χ0) is 18.7. The number of rotatable bonds is 2. The lowest BCUT2D eigenvalue weighted by Gasteiger charge is -2.13. The second kappa shape index (κ2) is 7.47. The molecule has 0 spiro atoms. The van der Waals surface area contributed by atoms with Crippen LogP contribution in [0.25, 0.3) is 0 Å². The molecule has 0 saturated carbocycles. The molecule has 1 aromatic carbocycles. The zero-order valence-electron chi connectivity index (χ0n) is 13.1. The number of pyridine rings is 1. The van der Waals surface area contributed by atoms with E-state index in [2.05, 4.69) is 10.3 Å². The standard InChI is InChI=1S/C16H11Cl2FN4O2/c1-7-3-9(6-20)4-8(2)12(7)21-16(25)23-15(24)10-5-11(19)14(18)22-13(10)17/h3-5H,1-2H3,(H2,21,23,24,25). The molecule has 2 aromatic rings. The summed E-state index contributed by atoms with van der Waals surface area (Å²) in [6.45, 7) is 3.42. The number of amides is 3. The minimum Gasteiger partial charge on any atom is -0.307 e. The minimum atomic E-state index is -0.936. The Morgan fingerprint density at radius 1 is 1.16 bits per heavy atom. The Morgan fingerprint density at radius 3 is 2.32 bits per heavy atom. The summed E-state index contributed by atoms with van der Waals surface area (Å²) in [5.41, 5.74) is 1.88. The van der Waals surface area contributed by atoms with Crippen molar-refractivity contribution in [2.75, 3.05) is 5.32 Å². The number of halogens is 3. The van der Waals surface area contributed by atoms with Gasteiger partial charge in [-0.25, -0.2) is 14.2 Å². The van der Waals surface area contributed by atoms with Crippen LogP contribution in [0.4, 0.5) is 14.9 Å². The average Bonchev–Trinajstić information content (AvgIpc) is 2.53. The van der Waals surface area contributed by atoms with E-state index in [9.17, 15) is 14.0 Å². The fourth-order valence-corrected chi connectivity index (χ4v) is 2.55. The van der Waals surface area contributed by atoms with Crippen molar-refractivity contribution in [1.29, 1.82) is 5.26 Å². The van der Waals surface area contributed by atoms with Gasteiger partial charge in [-0.15, -0.1) is 0 Å². The quantitative estimate of drug-likeness (QED) is 0.770. The van der Waals surface area contributed by atoms with Gasteiger partial charge < -0.3 is 5.32 Å². The average molecular weight is 381 g/mol. The number of carbonyl (C=O) groups is 2. The molecule has 3 amide bonds. The largest absolute Gasteiger partial charge is 0.326 e. The van der Waals surface area contributed by atoms with E-state index in [1.165, 1.54) is 0 Å². The molecule has 0 fully saturated rings. The van der Waals surface area contributed by atoms with Gasteiger partial charge in [-0.3, -0.25) is 10.1 Å². The predicted octanol–water partition coefficient (Wildman–Crippen LogP) is 3.98. The first-order valence-electron chi connectivity index (χ1n) is 6.88. The molecule has 1 heterocycles. The number of benzene rings is 1. The monoisotopic (exact) mass is 380 g/mol. The minimum absolute atomic E-state index is 0.327. The van der Waals surface area contributed by atoms with Gasteiger partial charge in [0.25, 0.3) is 5.91 Å². The number of nitriles is 1. The molecule has 0 saturated heterocycles. The molecule has 2 N–H and O–H groups in total. The highest BCUT2D eigenvalue weighted by Gasteiger charge is 2.18. The molecule has 25 heavy (non-hydrogen) atoms. The lowest BCUT2D eigenvalue weighted by Crippen LogP contribution is -2.35. The summed E-state index contributed by atoms with van der Waals surface area (Å²) in [7, 11) is 0. The third kappa shape index (κ3) is 4.24. The molecule has 0 aliphatic rings. The van der Waals surface area contributed by atoms with Gasteiger partial charge in [-0.05, 0) is 43.2 Å². The molecule has 128 valence electrons. The van der Waals surface area contributed by atoms with E-state index >= 15 is 0 Å². The number of nitrogens with zero attached hydrogens (tertiary/aromatic N) is 2. The van der Waals surface area contributed by atoms with Crippen LogP contribution in [-0.4, -0.2) is 16.9 Å². The Kier molecular flexibility index (Phi) is 5.57. The van der Waals surface area contributed by atoms with Crippen LogP contribution in [-0.2, 0) is 0 Å². The molecule has 1 aromatic heterocycles. The van der Waals surface area contributed by atoms with Crippen molar-refractivity contribution in [3.63, 3.8) is 0 Å². The van der Waals surface area contributed by atoms with Crippen LogP contribution in [0.2, 0.25) is 10.3 Å². The number of hydrogen-bond acceptors (Lipinski definition) is 4. The van der Waals surface area contributed by atoms with E-state index in [1.807, 2.05) is 11.4 Å². The smallest absolute Gasteiger partial charge is 0.307 e. The zero-order valence-corrected chi connectivity index (χ0v) is 14.6. The highest BCUT2D eigenvalue weighted by Crippen LogP contribution is 2.22. The molecule has 0 unspecified atom stereocenters. The summed E-state index contributed by atoms with van der Waals surface area (Å²) in [5.74, 6) is -1.87. The normalized spacial score (nSPS) is 10.1. The van der Waals surface area contributed by atoms with Gasteiger partial charge in [0.1, 0.15) is 5.15 Å². The van der Waals surface area contributed by atoms with Gasteiger partial charge in [-0.2, -0.15) is 5.26 Å². The van der Waals surface area contributed by atoms with E-state index in [1.54, 1.807) is 26.0 Å². The number of aromatic nitrogens is 1. The first-order valence-corrected chi connectivity index (χ1v) is 7.63. The summed E-state index contributed by atoms with van der Waals surface area (Å²) in [6.07, 6.45) is 0. The number of anilines is 1. The fraction of sp³-hybridized carbons (Fsp3) is 0.125. The maximum absolute atomic E-state index is 13.4. The number of carbonyl (C=O) groups excluding carboxylic acids is 2. The highest BCUT2D eigenvalue weighted by molar-refractivity contribution is 6.35. The lowest BCUT2D eigenvalue weighted by atomic mass is 10.1. The Labute approximate surface area is 152 Å². The molecule has 2 rings (SSSR count). The lowest BCUT2D eigenvalue weighted by molar-refractivity contribution is 0.0966. The molecule has 0 bridgehead atoms. The van der Waals surface area contributed by atoms with Crippen molar-refractivity contribution in [3.05, 3.63) is 56.6 Å².